The Morgan fingerprint density at radius 2 is 1.36 bits per heavy atom. The molecule has 0 saturated heterocycles. The van der Waals surface area contributed by atoms with E-state index in [1.807, 2.05) is 18.2 Å². The molecule has 33 heavy (non-hydrogen) atoms. The molecule has 1 heterocycles. The van der Waals surface area contributed by atoms with Gasteiger partial charge in [-0.1, -0.05) is 49.1 Å². The maximum atomic E-state index is 11.2. The maximum absolute atomic E-state index is 11.2. The minimum atomic E-state index is -10.7. The van der Waals surface area contributed by atoms with E-state index in [1.165, 1.54) is 11.1 Å². The van der Waals surface area contributed by atoms with Crippen molar-refractivity contribution in [2.24, 2.45) is 0 Å². The summed E-state index contributed by atoms with van der Waals surface area (Å²) in [6.45, 7) is 6.73. The molecule has 0 amide bonds. The van der Waals surface area contributed by atoms with Crippen LogP contribution in [0.4, 0.5) is 25.2 Å². The van der Waals surface area contributed by atoms with Gasteiger partial charge in [0.2, 0.25) is 0 Å². The molecule has 0 atom stereocenters. The molecule has 0 saturated carbocycles. The molecule has 0 radical (unpaired) electrons. The van der Waals surface area contributed by atoms with Crippen LogP contribution in [-0.2, 0) is 16.1 Å². The Hall–Kier alpha value is -2.67. The minimum absolute atomic E-state index is 0.290. The van der Waals surface area contributed by atoms with Gasteiger partial charge in [0.15, 0.2) is 12.4 Å². The van der Waals surface area contributed by atoms with Crippen LogP contribution in [0.5, 0.6) is 0 Å². The van der Waals surface area contributed by atoms with Gasteiger partial charge in [0.05, 0.1) is 6.61 Å². The first-order valence-corrected chi connectivity index (χ1v) is 12.2. The summed E-state index contributed by atoms with van der Waals surface area (Å²) in [4.78, 5) is 11.2. The molecule has 0 bridgehead atoms. The van der Waals surface area contributed by atoms with Crippen LogP contribution in [0.3, 0.4) is 0 Å². The number of carbonyl (C=O) groups is 1. The van der Waals surface area contributed by atoms with Gasteiger partial charge in [0, 0.05) is 24.1 Å². The van der Waals surface area contributed by atoms with Crippen molar-refractivity contribution in [2.75, 3.05) is 6.61 Å². The van der Waals surface area contributed by atoms with Crippen molar-refractivity contribution in [1.82, 2.24) is 0 Å². The number of ether oxygens (including phenoxy) is 1. The Bertz CT molecular complexity index is 916. The Labute approximate surface area is 189 Å². The zero-order chi connectivity index (χ0) is 25.0. The van der Waals surface area contributed by atoms with E-state index in [4.69, 9.17) is 4.74 Å². The van der Waals surface area contributed by atoms with Crippen molar-refractivity contribution in [2.45, 2.75) is 39.2 Å². The summed E-state index contributed by atoms with van der Waals surface area (Å²) >= 11 is 0. The number of halogens is 6. The normalized spacial score (nSPS) is 13.4. The number of pyridine rings is 1. The van der Waals surface area contributed by atoms with Gasteiger partial charge in [0.25, 0.3) is 0 Å². The van der Waals surface area contributed by atoms with E-state index in [0.29, 0.717) is 12.2 Å². The van der Waals surface area contributed by atoms with Crippen molar-refractivity contribution in [3.05, 3.63) is 78.1 Å². The van der Waals surface area contributed by atoms with Gasteiger partial charge in [-0.3, -0.25) is 0 Å². The van der Waals surface area contributed by atoms with Crippen molar-refractivity contribution in [1.29, 1.82) is 0 Å². The second-order valence-electron chi connectivity index (χ2n) is 7.40. The molecule has 2 aromatic rings. The zero-order valence-corrected chi connectivity index (χ0v) is 19.2. The summed E-state index contributed by atoms with van der Waals surface area (Å²) in [7, 11) is -10.7. The third-order valence-electron chi connectivity index (χ3n) is 4.08. The molecule has 1 aromatic carbocycles. The van der Waals surface area contributed by atoms with E-state index >= 15 is 0 Å². The SMILES string of the molecule is C=C(C)C(=O)OCCCCCC[n+]1ccc(/C=C/c2ccccc2)cc1.F[P-](F)(F)(F)(F)F. The molecular weight excluding hydrogens is 467 g/mol. The molecule has 0 aliphatic rings. The fourth-order valence-electron chi connectivity index (χ4n) is 2.52. The van der Waals surface area contributed by atoms with Crippen molar-refractivity contribution < 1.29 is 39.3 Å². The number of esters is 1. The molecule has 3 nitrogen and oxygen atoms in total. The average Bonchev–Trinajstić information content (AvgIpc) is 2.70. The monoisotopic (exact) mass is 495 g/mol. The zero-order valence-electron chi connectivity index (χ0n) is 18.3. The topological polar surface area (TPSA) is 30.2 Å². The fraction of sp³-hybridized carbons (Fsp3) is 0.304. The number of rotatable bonds is 10. The van der Waals surface area contributed by atoms with Gasteiger partial charge in [0.1, 0.15) is 6.54 Å². The quantitative estimate of drug-likeness (QED) is 0.0831. The number of aryl methyl sites for hydroxylation is 1. The first kappa shape index (κ1) is 28.4. The third kappa shape index (κ3) is 18.6. The van der Waals surface area contributed by atoms with Gasteiger partial charge >= 0.3 is 39.0 Å². The number of benzene rings is 1. The predicted octanol–water partition coefficient (Wildman–Crippen LogP) is 8.21. The van der Waals surface area contributed by atoms with E-state index < -0.39 is 7.81 Å². The first-order chi connectivity index (χ1) is 15.1. The Balaban J connectivity index is 0.000000675. The molecule has 0 N–H and O–H groups in total. The number of hydrogen-bond donors (Lipinski definition) is 0. The van der Waals surface area contributed by atoms with Crippen LogP contribution in [-0.4, -0.2) is 12.6 Å². The summed E-state index contributed by atoms with van der Waals surface area (Å²) < 4.78 is 66.5. The predicted molar refractivity (Wildman–Crippen MR) is 120 cm³/mol. The van der Waals surface area contributed by atoms with Crippen molar-refractivity contribution in [3.63, 3.8) is 0 Å². The summed E-state index contributed by atoms with van der Waals surface area (Å²) in [6, 6.07) is 14.6. The summed E-state index contributed by atoms with van der Waals surface area (Å²) in [5, 5.41) is 0. The second kappa shape index (κ2) is 11.5. The molecule has 1 aromatic heterocycles. The molecule has 0 spiro atoms. The summed E-state index contributed by atoms with van der Waals surface area (Å²) in [5.41, 5.74) is 2.87. The van der Waals surface area contributed by atoms with Gasteiger partial charge < -0.3 is 4.74 Å². The van der Waals surface area contributed by atoms with Gasteiger partial charge in [-0.2, -0.15) is 0 Å². The van der Waals surface area contributed by atoms with E-state index in [1.54, 1.807) is 6.92 Å². The van der Waals surface area contributed by atoms with Gasteiger partial charge in [-0.05, 0) is 37.3 Å². The van der Waals surface area contributed by atoms with Crippen LogP contribution >= 0.6 is 7.81 Å². The Kier molecular flexibility index (Phi) is 9.85. The van der Waals surface area contributed by atoms with Crippen LogP contribution in [0.2, 0.25) is 0 Å². The number of carbonyl (C=O) groups excluding carboxylic acids is 1. The number of unbranched alkanes of at least 4 members (excludes halogenated alkanes) is 3. The number of hydrogen-bond acceptors (Lipinski definition) is 2. The van der Waals surface area contributed by atoms with Crippen LogP contribution in [0, 0.1) is 0 Å². The summed E-state index contributed by atoms with van der Waals surface area (Å²) in [5.74, 6) is -0.290. The molecule has 10 heteroatoms. The van der Waals surface area contributed by atoms with Gasteiger partial charge in [-0.25, -0.2) is 9.36 Å². The molecular formula is C23H28F6NO2P. The Morgan fingerprint density at radius 1 is 0.879 bits per heavy atom. The van der Waals surface area contributed by atoms with E-state index in [-0.39, 0.29) is 5.97 Å². The van der Waals surface area contributed by atoms with Crippen LogP contribution in [0.1, 0.15) is 43.7 Å². The average molecular weight is 495 g/mol. The molecule has 0 fully saturated rings. The molecule has 0 unspecified atom stereocenters. The molecule has 2 rings (SSSR count). The van der Waals surface area contributed by atoms with Crippen molar-refractivity contribution in [3.8, 4) is 0 Å². The van der Waals surface area contributed by atoms with Gasteiger partial charge in [-0.15, -0.1) is 0 Å². The fourth-order valence-corrected chi connectivity index (χ4v) is 2.52. The second-order valence-corrected chi connectivity index (χ2v) is 9.32. The van der Waals surface area contributed by atoms with E-state index in [9.17, 15) is 30.0 Å². The molecule has 184 valence electrons. The van der Waals surface area contributed by atoms with Crippen LogP contribution in [0.25, 0.3) is 12.2 Å². The van der Waals surface area contributed by atoms with E-state index in [0.717, 1.165) is 32.2 Å². The standard InChI is InChI=1S/C23H28NO2.F6P/c1-20(2)23(25)26-19-9-4-3-8-16-24-17-14-22(15-18-24)13-12-21-10-6-5-7-11-21;1-7(2,3,4,5)6/h5-7,10-15,17-18H,1,3-4,8-9,16,19H2,2H3;/q+1;-1/b13-12+;. The van der Waals surface area contributed by atoms with Crippen LogP contribution in [0.15, 0.2) is 67.0 Å². The first-order valence-electron chi connectivity index (χ1n) is 10.2. The number of nitrogens with zero attached hydrogens (tertiary/aromatic N) is 1. The van der Waals surface area contributed by atoms with E-state index in [2.05, 4.69) is 60.0 Å². The molecule has 0 aliphatic heterocycles. The van der Waals surface area contributed by atoms with Crippen LogP contribution < -0.4 is 4.57 Å². The van der Waals surface area contributed by atoms with Crippen molar-refractivity contribution >= 4 is 25.9 Å². The third-order valence-corrected chi connectivity index (χ3v) is 4.08. The molecule has 0 aliphatic carbocycles. The number of aromatic nitrogens is 1. The Morgan fingerprint density at radius 3 is 1.88 bits per heavy atom. The summed E-state index contributed by atoms with van der Waals surface area (Å²) in [6.07, 6.45) is 12.7.